The summed E-state index contributed by atoms with van der Waals surface area (Å²) in [6, 6.07) is 0. The summed E-state index contributed by atoms with van der Waals surface area (Å²) in [4.78, 5) is 0. The summed E-state index contributed by atoms with van der Waals surface area (Å²) in [5.74, 6) is 3.45. The molecule has 1 aliphatic carbocycles. The van der Waals surface area contributed by atoms with E-state index >= 15 is 0 Å². The van der Waals surface area contributed by atoms with Crippen molar-refractivity contribution in [3.63, 3.8) is 0 Å². The molecule has 1 rings (SSSR count). The van der Waals surface area contributed by atoms with Crippen molar-refractivity contribution >= 4 is 11.8 Å². The first-order valence-corrected chi connectivity index (χ1v) is 6.35. The number of thioether (sulfide) groups is 1. The molecule has 0 aromatic carbocycles. The van der Waals surface area contributed by atoms with Crippen LogP contribution in [0, 0.1) is 11.8 Å². The van der Waals surface area contributed by atoms with E-state index in [1.807, 2.05) is 0 Å². The molecule has 0 N–H and O–H groups in total. The maximum Gasteiger partial charge on any atom is -0.000958 e. The minimum Gasteiger partial charge on any atom is -0.159 e. The summed E-state index contributed by atoms with van der Waals surface area (Å²) in [6.07, 6.45) is 5.93. The summed E-state index contributed by atoms with van der Waals surface area (Å²) in [5.41, 5.74) is 0. The zero-order valence-corrected chi connectivity index (χ0v) is 9.49. The van der Waals surface area contributed by atoms with Crippen molar-refractivity contribution in [3.05, 3.63) is 0 Å². The van der Waals surface area contributed by atoms with Crippen LogP contribution in [0.3, 0.4) is 0 Å². The molecule has 0 atom stereocenters. The SMILES string of the molecule is CC1CCC(CSC(C)C)CC1. The van der Waals surface area contributed by atoms with Crippen LogP contribution >= 0.6 is 11.8 Å². The molecule has 0 saturated heterocycles. The highest BCUT2D eigenvalue weighted by atomic mass is 32.2. The zero-order chi connectivity index (χ0) is 8.97. The fourth-order valence-electron chi connectivity index (χ4n) is 1.82. The van der Waals surface area contributed by atoms with Gasteiger partial charge >= 0.3 is 0 Å². The van der Waals surface area contributed by atoms with E-state index in [-0.39, 0.29) is 0 Å². The summed E-state index contributed by atoms with van der Waals surface area (Å²) in [7, 11) is 0. The molecule has 0 aliphatic heterocycles. The van der Waals surface area contributed by atoms with Gasteiger partial charge in [0.15, 0.2) is 0 Å². The number of rotatable bonds is 3. The summed E-state index contributed by atoms with van der Waals surface area (Å²) < 4.78 is 0. The van der Waals surface area contributed by atoms with Gasteiger partial charge in [0.05, 0.1) is 0 Å². The lowest BCUT2D eigenvalue weighted by atomic mass is 9.84. The van der Waals surface area contributed by atoms with Gasteiger partial charge in [0.25, 0.3) is 0 Å². The molecule has 1 fully saturated rings. The van der Waals surface area contributed by atoms with Crippen molar-refractivity contribution < 1.29 is 0 Å². The Labute approximate surface area is 81.5 Å². The van der Waals surface area contributed by atoms with Crippen LogP contribution in [-0.4, -0.2) is 11.0 Å². The van der Waals surface area contributed by atoms with Crippen LogP contribution in [0.25, 0.3) is 0 Å². The van der Waals surface area contributed by atoms with E-state index in [1.165, 1.54) is 31.4 Å². The molecule has 0 amide bonds. The molecule has 12 heavy (non-hydrogen) atoms. The molecule has 0 radical (unpaired) electrons. The van der Waals surface area contributed by atoms with Crippen LogP contribution < -0.4 is 0 Å². The zero-order valence-electron chi connectivity index (χ0n) is 8.68. The molecular weight excluding hydrogens is 164 g/mol. The summed E-state index contributed by atoms with van der Waals surface area (Å²) in [5, 5.41) is 0.823. The van der Waals surface area contributed by atoms with E-state index in [9.17, 15) is 0 Å². The first-order chi connectivity index (χ1) is 5.68. The Morgan fingerprint density at radius 2 is 1.75 bits per heavy atom. The molecule has 0 nitrogen and oxygen atoms in total. The normalized spacial score (nSPS) is 31.0. The van der Waals surface area contributed by atoms with Crippen LogP contribution in [0.1, 0.15) is 46.5 Å². The predicted molar refractivity (Wildman–Crippen MR) is 58.7 cm³/mol. The van der Waals surface area contributed by atoms with E-state index in [0.717, 1.165) is 17.1 Å². The molecule has 1 saturated carbocycles. The van der Waals surface area contributed by atoms with Crippen molar-refractivity contribution in [1.82, 2.24) is 0 Å². The Kier molecular flexibility index (Phi) is 4.49. The van der Waals surface area contributed by atoms with Gasteiger partial charge in [0.1, 0.15) is 0 Å². The summed E-state index contributed by atoms with van der Waals surface area (Å²) >= 11 is 2.14. The Bertz CT molecular complexity index is 112. The first-order valence-electron chi connectivity index (χ1n) is 5.30. The van der Waals surface area contributed by atoms with Gasteiger partial charge in [-0.25, -0.2) is 0 Å². The fourth-order valence-corrected chi connectivity index (χ4v) is 2.81. The van der Waals surface area contributed by atoms with Crippen LogP contribution in [0.5, 0.6) is 0 Å². The monoisotopic (exact) mass is 186 g/mol. The smallest absolute Gasteiger partial charge is 0.000958 e. The van der Waals surface area contributed by atoms with Crippen LogP contribution in [0.4, 0.5) is 0 Å². The van der Waals surface area contributed by atoms with Crippen LogP contribution in [0.15, 0.2) is 0 Å². The minimum atomic E-state index is 0.823. The van der Waals surface area contributed by atoms with E-state index in [0.29, 0.717) is 0 Å². The predicted octanol–water partition coefficient (Wildman–Crippen LogP) is 3.95. The Balaban J connectivity index is 2.09. The third-order valence-electron chi connectivity index (χ3n) is 2.80. The molecule has 72 valence electrons. The molecule has 0 aromatic rings. The van der Waals surface area contributed by atoms with E-state index < -0.39 is 0 Å². The Morgan fingerprint density at radius 1 is 1.17 bits per heavy atom. The third-order valence-corrected chi connectivity index (χ3v) is 4.13. The maximum absolute atomic E-state index is 2.39. The van der Waals surface area contributed by atoms with E-state index in [1.54, 1.807) is 0 Å². The van der Waals surface area contributed by atoms with Crippen molar-refractivity contribution in [2.24, 2.45) is 11.8 Å². The average Bonchev–Trinajstić information content (AvgIpc) is 2.03. The number of hydrogen-bond donors (Lipinski definition) is 0. The molecule has 0 unspecified atom stereocenters. The minimum absolute atomic E-state index is 0.823. The second-order valence-corrected chi connectivity index (χ2v) is 6.12. The van der Waals surface area contributed by atoms with Crippen molar-refractivity contribution in [2.45, 2.75) is 51.7 Å². The van der Waals surface area contributed by atoms with Gasteiger partial charge in [-0.3, -0.25) is 0 Å². The lowest BCUT2D eigenvalue weighted by Gasteiger charge is -2.26. The average molecular weight is 186 g/mol. The van der Waals surface area contributed by atoms with Gasteiger partial charge in [-0.2, -0.15) is 11.8 Å². The quantitative estimate of drug-likeness (QED) is 0.643. The van der Waals surface area contributed by atoms with Gasteiger partial charge < -0.3 is 0 Å². The van der Waals surface area contributed by atoms with Crippen molar-refractivity contribution in [1.29, 1.82) is 0 Å². The van der Waals surface area contributed by atoms with E-state index in [4.69, 9.17) is 0 Å². The van der Waals surface area contributed by atoms with Crippen molar-refractivity contribution in [3.8, 4) is 0 Å². The molecule has 1 heteroatoms. The lowest BCUT2D eigenvalue weighted by Crippen LogP contribution is -2.14. The molecule has 0 bridgehead atoms. The Hall–Kier alpha value is 0.350. The van der Waals surface area contributed by atoms with Gasteiger partial charge in [-0.05, 0) is 35.7 Å². The second kappa shape index (κ2) is 5.16. The summed E-state index contributed by atoms with van der Waals surface area (Å²) in [6.45, 7) is 7.00. The fraction of sp³-hybridized carbons (Fsp3) is 1.00. The maximum atomic E-state index is 2.39. The third kappa shape index (κ3) is 3.84. The highest BCUT2D eigenvalue weighted by molar-refractivity contribution is 7.99. The molecule has 0 spiro atoms. The highest BCUT2D eigenvalue weighted by Gasteiger charge is 2.17. The number of hydrogen-bond acceptors (Lipinski definition) is 1. The first kappa shape index (κ1) is 10.4. The lowest BCUT2D eigenvalue weighted by molar-refractivity contribution is 0.311. The topological polar surface area (TPSA) is 0 Å². The van der Waals surface area contributed by atoms with Gasteiger partial charge in [0.2, 0.25) is 0 Å². The van der Waals surface area contributed by atoms with Crippen LogP contribution in [0.2, 0.25) is 0 Å². The highest BCUT2D eigenvalue weighted by Crippen LogP contribution is 2.31. The van der Waals surface area contributed by atoms with E-state index in [2.05, 4.69) is 32.5 Å². The second-order valence-electron chi connectivity index (χ2n) is 4.51. The van der Waals surface area contributed by atoms with Gasteiger partial charge in [0, 0.05) is 0 Å². The van der Waals surface area contributed by atoms with Gasteiger partial charge in [-0.1, -0.05) is 33.6 Å². The Morgan fingerprint density at radius 3 is 2.25 bits per heavy atom. The largest absolute Gasteiger partial charge is 0.159 e. The molecular formula is C11H22S. The molecule has 0 aromatic heterocycles. The molecule has 1 aliphatic rings. The molecule has 0 heterocycles. The van der Waals surface area contributed by atoms with Crippen molar-refractivity contribution in [2.75, 3.05) is 5.75 Å². The standard InChI is InChI=1S/C11H22S/c1-9(2)12-8-11-6-4-10(3)5-7-11/h9-11H,4-8H2,1-3H3. The van der Waals surface area contributed by atoms with Crippen LogP contribution in [-0.2, 0) is 0 Å². The van der Waals surface area contributed by atoms with Gasteiger partial charge in [-0.15, -0.1) is 0 Å².